The highest BCUT2D eigenvalue weighted by Crippen LogP contribution is 2.33. The Morgan fingerprint density at radius 1 is 1.12 bits per heavy atom. The second-order valence-electron chi connectivity index (χ2n) is 7.79. The number of nitrogens with zero attached hydrogens (tertiary/aromatic N) is 3. The van der Waals surface area contributed by atoms with Crippen LogP contribution in [0.25, 0.3) is 11.3 Å². The third-order valence-electron chi connectivity index (χ3n) is 5.45. The zero-order chi connectivity index (χ0) is 22.9. The fourth-order valence-corrected chi connectivity index (χ4v) is 5.12. The van der Waals surface area contributed by atoms with Crippen LogP contribution in [0.2, 0.25) is 0 Å². The lowest BCUT2D eigenvalue weighted by Crippen LogP contribution is -2.25. The minimum atomic E-state index is -0.158. The molecule has 4 aromatic rings. The third kappa shape index (κ3) is 4.40. The van der Waals surface area contributed by atoms with E-state index in [1.807, 2.05) is 46.6 Å². The first-order chi connectivity index (χ1) is 16.0. The standard InChI is InChI=1S/C25H22N4O2S2/c1-15-5-4-6-20(17(15)3)28-25-29(26-12-19-9-7-16(2)33-19)22(14-32-25)18-8-10-23-21(11-18)27-24(30)13-31-23/h4-12,14H,13H2,1-3H3,(H,27,30). The topological polar surface area (TPSA) is 68.0 Å². The molecule has 2 aromatic carbocycles. The number of nitrogens with one attached hydrogen (secondary N) is 1. The monoisotopic (exact) mass is 474 g/mol. The Labute approximate surface area is 199 Å². The average molecular weight is 475 g/mol. The van der Waals surface area contributed by atoms with Crippen LogP contribution in [-0.2, 0) is 4.79 Å². The van der Waals surface area contributed by atoms with Gasteiger partial charge in [0.2, 0.25) is 4.80 Å². The van der Waals surface area contributed by atoms with Crippen LogP contribution in [0.4, 0.5) is 11.4 Å². The second kappa shape index (κ2) is 8.80. The van der Waals surface area contributed by atoms with Crippen molar-refractivity contribution in [3.05, 3.63) is 79.6 Å². The Bertz CT molecular complexity index is 1460. The van der Waals surface area contributed by atoms with Gasteiger partial charge in [-0.05, 0) is 68.3 Å². The summed E-state index contributed by atoms with van der Waals surface area (Å²) < 4.78 is 7.37. The second-order valence-corrected chi connectivity index (χ2v) is 9.94. The number of thiophene rings is 1. The molecule has 0 radical (unpaired) electrons. The molecule has 6 nitrogen and oxygen atoms in total. The lowest BCUT2D eigenvalue weighted by molar-refractivity contribution is -0.118. The van der Waals surface area contributed by atoms with Crippen molar-refractivity contribution in [1.29, 1.82) is 0 Å². The van der Waals surface area contributed by atoms with Gasteiger partial charge in [0.05, 0.1) is 23.3 Å². The lowest BCUT2D eigenvalue weighted by atomic mass is 10.1. The molecule has 1 amide bonds. The Morgan fingerprint density at radius 2 is 2.00 bits per heavy atom. The van der Waals surface area contributed by atoms with E-state index < -0.39 is 0 Å². The van der Waals surface area contributed by atoms with E-state index in [4.69, 9.17) is 14.8 Å². The largest absolute Gasteiger partial charge is 0.482 e. The Hall–Kier alpha value is -3.49. The van der Waals surface area contributed by atoms with Gasteiger partial charge in [-0.2, -0.15) is 5.10 Å². The van der Waals surface area contributed by atoms with Crippen LogP contribution in [0.15, 0.2) is 64.0 Å². The smallest absolute Gasteiger partial charge is 0.262 e. The lowest BCUT2D eigenvalue weighted by Gasteiger charge is -2.18. The molecule has 3 heterocycles. The van der Waals surface area contributed by atoms with E-state index in [1.165, 1.54) is 21.8 Å². The molecule has 1 aliphatic heterocycles. The zero-order valence-electron chi connectivity index (χ0n) is 18.5. The maximum absolute atomic E-state index is 11.8. The molecule has 33 heavy (non-hydrogen) atoms. The number of hydrogen-bond donors (Lipinski definition) is 1. The molecule has 1 N–H and O–H groups in total. The van der Waals surface area contributed by atoms with E-state index in [-0.39, 0.29) is 12.5 Å². The maximum atomic E-state index is 11.8. The first kappa shape index (κ1) is 21.4. The van der Waals surface area contributed by atoms with Crippen LogP contribution < -0.4 is 14.9 Å². The third-order valence-corrected chi connectivity index (χ3v) is 7.20. The van der Waals surface area contributed by atoms with Crippen LogP contribution >= 0.6 is 22.7 Å². The van der Waals surface area contributed by atoms with Gasteiger partial charge in [-0.3, -0.25) is 4.79 Å². The van der Waals surface area contributed by atoms with E-state index in [9.17, 15) is 4.79 Å². The summed E-state index contributed by atoms with van der Waals surface area (Å²) >= 11 is 3.22. The minimum Gasteiger partial charge on any atom is -0.482 e. The molecule has 8 heteroatoms. The predicted octanol–water partition coefficient (Wildman–Crippen LogP) is 5.65. The predicted molar refractivity (Wildman–Crippen MR) is 135 cm³/mol. The zero-order valence-corrected chi connectivity index (χ0v) is 20.1. The molecule has 0 atom stereocenters. The first-order valence-corrected chi connectivity index (χ1v) is 12.2. The van der Waals surface area contributed by atoms with E-state index in [0.29, 0.717) is 11.4 Å². The van der Waals surface area contributed by atoms with Crippen LogP contribution in [0.3, 0.4) is 0 Å². The maximum Gasteiger partial charge on any atom is 0.262 e. The number of anilines is 1. The van der Waals surface area contributed by atoms with Crippen molar-refractivity contribution < 1.29 is 9.53 Å². The number of thiazole rings is 1. The number of aryl methyl sites for hydroxylation is 2. The van der Waals surface area contributed by atoms with E-state index in [0.717, 1.165) is 32.2 Å². The minimum absolute atomic E-state index is 0.0359. The number of rotatable bonds is 4. The Morgan fingerprint density at radius 3 is 2.82 bits per heavy atom. The van der Waals surface area contributed by atoms with Gasteiger partial charge in [0.15, 0.2) is 6.61 Å². The number of aromatic nitrogens is 1. The molecule has 2 aromatic heterocycles. The van der Waals surface area contributed by atoms with Gasteiger partial charge in [-0.1, -0.05) is 12.1 Å². The molecule has 0 unspecified atom stereocenters. The van der Waals surface area contributed by atoms with E-state index in [2.05, 4.69) is 44.3 Å². The summed E-state index contributed by atoms with van der Waals surface area (Å²) in [6.07, 6.45) is 1.86. The summed E-state index contributed by atoms with van der Waals surface area (Å²) in [6, 6.07) is 16.0. The molecule has 0 fully saturated rings. The summed E-state index contributed by atoms with van der Waals surface area (Å²) in [5.41, 5.74) is 5.72. The highest BCUT2D eigenvalue weighted by molar-refractivity contribution is 7.13. The molecular formula is C25H22N4O2S2. The Kier molecular flexibility index (Phi) is 5.70. The molecular weight excluding hydrogens is 452 g/mol. The van der Waals surface area contributed by atoms with Gasteiger partial charge in [0.1, 0.15) is 5.75 Å². The van der Waals surface area contributed by atoms with Crippen molar-refractivity contribution in [3.63, 3.8) is 0 Å². The van der Waals surface area contributed by atoms with Crippen LogP contribution in [-0.4, -0.2) is 23.4 Å². The molecule has 0 aliphatic carbocycles. The highest BCUT2D eigenvalue weighted by Gasteiger charge is 2.18. The first-order valence-electron chi connectivity index (χ1n) is 10.5. The van der Waals surface area contributed by atoms with Crippen LogP contribution in [0.5, 0.6) is 5.75 Å². The molecule has 5 rings (SSSR count). The van der Waals surface area contributed by atoms with Gasteiger partial charge < -0.3 is 10.1 Å². The van der Waals surface area contributed by atoms with Gasteiger partial charge in [0, 0.05) is 20.7 Å². The summed E-state index contributed by atoms with van der Waals surface area (Å²) in [5.74, 6) is 0.507. The van der Waals surface area contributed by atoms with E-state index in [1.54, 1.807) is 11.3 Å². The number of amides is 1. The van der Waals surface area contributed by atoms with Crippen molar-refractivity contribution >= 4 is 46.2 Å². The highest BCUT2D eigenvalue weighted by atomic mass is 32.1. The van der Waals surface area contributed by atoms with Gasteiger partial charge in [-0.25, -0.2) is 9.67 Å². The fourth-order valence-electron chi connectivity index (χ4n) is 3.53. The molecule has 0 saturated heterocycles. The van der Waals surface area contributed by atoms with E-state index >= 15 is 0 Å². The molecule has 166 valence electrons. The number of hydrogen-bond acceptors (Lipinski definition) is 6. The number of ether oxygens (including phenoxy) is 1. The van der Waals surface area contributed by atoms with Crippen molar-refractivity contribution in [2.75, 3.05) is 11.9 Å². The number of fused-ring (bicyclic) bond motifs is 1. The van der Waals surface area contributed by atoms with Crippen LogP contribution in [0.1, 0.15) is 20.9 Å². The summed E-state index contributed by atoms with van der Waals surface area (Å²) in [4.78, 5) is 19.8. The normalized spacial score (nSPS) is 13.8. The van der Waals surface area contributed by atoms with Crippen molar-refractivity contribution in [2.24, 2.45) is 10.1 Å². The van der Waals surface area contributed by atoms with Crippen molar-refractivity contribution in [3.8, 4) is 17.0 Å². The average Bonchev–Trinajstić information content (AvgIpc) is 3.40. The SMILES string of the molecule is Cc1ccc(C=Nn2c(-c3ccc4c(c3)NC(=O)CO4)csc2=Nc2cccc(C)c2C)s1. The molecule has 0 saturated carbocycles. The van der Waals surface area contributed by atoms with Gasteiger partial charge >= 0.3 is 0 Å². The van der Waals surface area contributed by atoms with Crippen molar-refractivity contribution in [2.45, 2.75) is 20.8 Å². The summed E-state index contributed by atoms with van der Waals surface area (Å²) in [5, 5.41) is 9.72. The van der Waals surface area contributed by atoms with Gasteiger partial charge in [-0.15, -0.1) is 22.7 Å². The number of carbonyl (C=O) groups is 1. The fraction of sp³-hybridized carbons (Fsp3) is 0.160. The Balaban J connectivity index is 1.65. The summed E-state index contributed by atoms with van der Waals surface area (Å²) in [7, 11) is 0. The van der Waals surface area contributed by atoms with Gasteiger partial charge in [0.25, 0.3) is 5.91 Å². The number of carbonyl (C=O) groups excluding carboxylic acids is 1. The quantitative estimate of drug-likeness (QED) is 0.389. The van der Waals surface area contributed by atoms with Crippen LogP contribution in [0, 0.1) is 20.8 Å². The molecule has 0 spiro atoms. The summed E-state index contributed by atoms with van der Waals surface area (Å²) in [6.45, 7) is 6.28. The molecule has 1 aliphatic rings. The molecule has 0 bridgehead atoms. The number of benzene rings is 2. The van der Waals surface area contributed by atoms with Crippen molar-refractivity contribution in [1.82, 2.24) is 4.68 Å².